The van der Waals surface area contributed by atoms with Gasteiger partial charge in [0.25, 0.3) is 5.91 Å². The standard InChI is InChI=1S/C18H12ClF3N2O2S/c1-9(25)23-12-7-6-10(18(20,21)22)8-13(12)24-17(26)16-15(19)11-4-2-3-5-14(11)27-16/h2-8H,1H3,(H,23,25)(H,24,26). The van der Waals surface area contributed by atoms with Gasteiger partial charge < -0.3 is 10.6 Å². The molecule has 9 heteroatoms. The summed E-state index contributed by atoms with van der Waals surface area (Å²) in [6.07, 6.45) is -4.59. The number of hydrogen-bond acceptors (Lipinski definition) is 3. The van der Waals surface area contributed by atoms with Crippen molar-refractivity contribution in [1.82, 2.24) is 0 Å². The highest BCUT2D eigenvalue weighted by molar-refractivity contribution is 7.21. The number of carbonyl (C=O) groups is 2. The summed E-state index contributed by atoms with van der Waals surface area (Å²) in [4.78, 5) is 24.1. The summed E-state index contributed by atoms with van der Waals surface area (Å²) < 4.78 is 39.8. The summed E-state index contributed by atoms with van der Waals surface area (Å²) in [7, 11) is 0. The Balaban J connectivity index is 2.00. The molecule has 0 atom stereocenters. The van der Waals surface area contributed by atoms with E-state index in [0.29, 0.717) is 5.39 Å². The summed E-state index contributed by atoms with van der Waals surface area (Å²) in [6, 6.07) is 9.78. The topological polar surface area (TPSA) is 58.2 Å². The van der Waals surface area contributed by atoms with Crippen LogP contribution in [0.2, 0.25) is 5.02 Å². The first-order valence-electron chi connectivity index (χ1n) is 7.64. The van der Waals surface area contributed by atoms with Gasteiger partial charge in [0, 0.05) is 17.0 Å². The lowest BCUT2D eigenvalue weighted by Gasteiger charge is -2.14. The molecule has 0 radical (unpaired) electrons. The van der Waals surface area contributed by atoms with Gasteiger partial charge in [-0.25, -0.2) is 0 Å². The average molecular weight is 413 g/mol. The van der Waals surface area contributed by atoms with Gasteiger partial charge in [-0.05, 0) is 24.3 Å². The lowest BCUT2D eigenvalue weighted by Crippen LogP contribution is -2.16. The van der Waals surface area contributed by atoms with Gasteiger partial charge >= 0.3 is 6.18 Å². The van der Waals surface area contributed by atoms with Crippen LogP contribution in [0.25, 0.3) is 10.1 Å². The van der Waals surface area contributed by atoms with E-state index in [1.807, 2.05) is 0 Å². The second-order valence-corrected chi connectivity index (χ2v) is 7.06. The number of alkyl halides is 3. The van der Waals surface area contributed by atoms with E-state index in [1.54, 1.807) is 24.3 Å². The van der Waals surface area contributed by atoms with E-state index in [9.17, 15) is 22.8 Å². The van der Waals surface area contributed by atoms with E-state index >= 15 is 0 Å². The van der Waals surface area contributed by atoms with E-state index in [1.165, 1.54) is 6.92 Å². The van der Waals surface area contributed by atoms with Crippen LogP contribution in [0.1, 0.15) is 22.2 Å². The van der Waals surface area contributed by atoms with Crippen molar-refractivity contribution in [2.24, 2.45) is 0 Å². The molecule has 0 aliphatic rings. The lowest BCUT2D eigenvalue weighted by molar-refractivity contribution is -0.137. The second-order valence-electron chi connectivity index (χ2n) is 5.63. The molecule has 4 nitrogen and oxygen atoms in total. The van der Waals surface area contributed by atoms with Crippen LogP contribution in [-0.2, 0) is 11.0 Å². The highest BCUT2D eigenvalue weighted by atomic mass is 35.5. The molecule has 0 unspecified atom stereocenters. The van der Waals surface area contributed by atoms with E-state index in [2.05, 4.69) is 10.6 Å². The van der Waals surface area contributed by atoms with Crippen molar-refractivity contribution in [3.05, 3.63) is 57.9 Å². The van der Waals surface area contributed by atoms with Gasteiger partial charge in [0.05, 0.1) is 22.0 Å². The SMILES string of the molecule is CC(=O)Nc1ccc(C(F)(F)F)cc1NC(=O)c1sc2ccccc2c1Cl. The zero-order valence-corrected chi connectivity index (χ0v) is 15.4. The predicted octanol–water partition coefficient (Wildman–Crippen LogP) is 5.78. The molecule has 2 aromatic carbocycles. The number of nitrogens with one attached hydrogen (secondary N) is 2. The Morgan fingerprint density at radius 1 is 1.04 bits per heavy atom. The number of rotatable bonds is 3. The fourth-order valence-corrected chi connectivity index (χ4v) is 3.87. The molecule has 0 spiro atoms. The van der Waals surface area contributed by atoms with Crippen LogP contribution in [0.3, 0.4) is 0 Å². The maximum atomic E-state index is 13.0. The van der Waals surface area contributed by atoms with Crippen LogP contribution < -0.4 is 10.6 Å². The maximum absolute atomic E-state index is 13.0. The fraction of sp³-hybridized carbons (Fsp3) is 0.111. The highest BCUT2D eigenvalue weighted by Gasteiger charge is 2.31. The smallest absolute Gasteiger partial charge is 0.325 e. The highest BCUT2D eigenvalue weighted by Crippen LogP contribution is 2.37. The van der Waals surface area contributed by atoms with Crippen molar-refractivity contribution in [1.29, 1.82) is 0 Å². The van der Waals surface area contributed by atoms with Crippen molar-refractivity contribution in [2.75, 3.05) is 10.6 Å². The van der Waals surface area contributed by atoms with Gasteiger partial charge in [-0.2, -0.15) is 13.2 Å². The third-order valence-corrected chi connectivity index (χ3v) is 5.32. The van der Waals surface area contributed by atoms with Crippen LogP contribution in [0.5, 0.6) is 0 Å². The van der Waals surface area contributed by atoms with E-state index in [0.717, 1.165) is 34.2 Å². The Bertz CT molecular complexity index is 1050. The van der Waals surface area contributed by atoms with E-state index in [-0.39, 0.29) is 21.3 Å². The van der Waals surface area contributed by atoms with Crippen LogP contribution in [0.15, 0.2) is 42.5 Å². The minimum Gasteiger partial charge on any atom is -0.325 e. The Labute approximate surface area is 160 Å². The molecule has 140 valence electrons. The molecule has 0 bridgehead atoms. The number of benzene rings is 2. The van der Waals surface area contributed by atoms with Crippen molar-refractivity contribution >= 4 is 56.2 Å². The van der Waals surface area contributed by atoms with Crippen molar-refractivity contribution in [2.45, 2.75) is 13.1 Å². The Morgan fingerprint density at radius 3 is 2.37 bits per heavy atom. The van der Waals surface area contributed by atoms with Gasteiger partial charge in [0.1, 0.15) is 4.88 Å². The van der Waals surface area contributed by atoms with Gasteiger partial charge in [-0.15, -0.1) is 11.3 Å². The van der Waals surface area contributed by atoms with Crippen molar-refractivity contribution in [3.63, 3.8) is 0 Å². The third kappa shape index (κ3) is 4.06. The molecule has 3 rings (SSSR count). The molecule has 0 saturated carbocycles. The maximum Gasteiger partial charge on any atom is 0.416 e. The molecule has 0 fully saturated rings. The average Bonchev–Trinajstić information content (AvgIpc) is 2.92. The zero-order valence-electron chi connectivity index (χ0n) is 13.8. The van der Waals surface area contributed by atoms with E-state index in [4.69, 9.17) is 11.6 Å². The number of carbonyl (C=O) groups excluding carboxylic acids is 2. The summed E-state index contributed by atoms with van der Waals surface area (Å²) in [5.74, 6) is -1.14. The first kappa shape index (κ1) is 19.2. The molecule has 0 saturated heterocycles. The minimum atomic E-state index is -4.59. The first-order chi connectivity index (χ1) is 12.7. The number of thiophene rings is 1. The Morgan fingerprint density at radius 2 is 1.74 bits per heavy atom. The van der Waals surface area contributed by atoms with E-state index < -0.39 is 23.6 Å². The zero-order chi connectivity index (χ0) is 19.8. The van der Waals surface area contributed by atoms with Crippen LogP contribution in [-0.4, -0.2) is 11.8 Å². The number of anilines is 2. The first-order valence-corrected chi connectivity index (χ1v) is 8.83. The van der Waals surface area contributed by atoms with Crippen LogP contribution >= 0.6 is 22.9 Å². The summed E-state index contributed by atoms with van der Waals surface area (Å²) in [5.41, 5.74) is -1.06. The minimum absolute atomic E-state index is 0.0566. The third-order valence-electron chi connectivity index (χ3n) is 3.65. The molecule has 2 amide bonds. The predicted molar refractivity (Wildman–Crippen MR) is 101 cm³/mol. The monoisotopic (exact) mass is 412 g/mol. The second kappa shape index (κ2) is 7.21. The van der Waals surface area contributed by atoms with Crippen LogP contribution in [0, 0.1) is 0 Å². The molecular weight excluding hydrogens is 401 g/mol. The van der Waals surface area contributed by atoms with Gasteiger partial charge in [-0.1, -0.05) is 29.8 Å². The van der Waals surface area contributed by atoms with Crippen LogP contribution in [0.4, 0.5) is 24.5 Å². The summed E-state index contributed by atoms with van der Waals surface area (Å²) in [6.45, 7) is 1.21. The summed E-state index contributed by atoms with van der Waals surface area (Å²) >= 11 is 7.37. The van der Waals surface area contributed by atoms with Gasteiger partial charge in [0.2, 0.25) is 5.91 Å². The Hall–Kier alpha value is -2.58. The molecule has 0 aliphatic heterocycles. The quantitative estimate of drug-likeness (QED) is 0.572. The molecular formula is C18H12ClF3N2O2S. The normalized spacial score (nSPS) is 11.4. The number of halogens is 4. The van der Waals surface area contributed by atoms with Gasteiger partial charge in [0.15, 0.2) is 0 Å². The van der Waals surface area contributed by atoms with Crippen molar-refractivity contribution in [3.8, 4) is 0 Å². The fourth-order valence-electron chi connectivity index (χ4n) is 2.46. The largest absolute Gasteiger partial charge is 0.416 e. The molecule has 27 heavy (non-hydrogen) atoms. The van der Waals surface area contributed by atoms with Gasteiger partial charge in [-0.3, -0.25) is 9.59 Å². The molecule has 3 aromatic rings. The molecule has 0 aliphatic carbocycles. The lowest BCUT2D eigenvalue weighted by atomic mass is 10.1. The molecule has 1 aromatic heterocycles. The Kier molecular flexibility index (Phi) is 5.12. The molecule has 2 N–H and O–H groups in total. The van der Waals surface area contributed by atoms with Crippen molar-refractivity contribution < 1.29 is 22.8 Å². The number of hydrogen-bond donors (Lipinski definition) is 2. The molecule has 1 heterocycles. The summed E-state index contributed by atoms with van der Waals surface area (Å²) in [5, 5.41) is 5.72. The number of fused-ring (bicyclic) bond motifs is 1. The number of amides is 2.